The maximum atomic E-state index is 6.85. The van der Waals surface area contributed by atoms with Crippen molar-refractivity contribution in [1.29, 1.82) is 0 Å². The van der Waals surface area contributed by atoms with Crippen LogP contribution in [0, 0.1) is 5.92 Å². The van der Waals surface area contributed by atoms with Gasteiger partial charge in [0.15, 0.2) is 0 Å². The van der Waals surface area contributed by atoms with Crippen molar-refractivity contribution in [2.75, 3.05) is 5.73 Å². The number of benzene rings is 6. The van der Waals surface area contributed by atoms with Gasteiger partial charge in [0.1, 0.15) is 0 Å². The monoisotopic (exact) mass is 601 g/mol. The Morgan fingerprint density at radius 2 is 1.27 bits per heavy atom. The lowest BCUT2D eigenvalue weighted by Crippen LogP contribution is -2.38. The van der Waals surface area contributed by atoms with Crippen LogP contribution in [0.25, 0.3) is 27.5 Å². The van der Waals surface area contributed by atoms with E-state index in [2.05, 4.69) is 133 Å². The number of anilines is 1. The summed E-state index contributed by atoms with van der Waals surface area (Å²) in [5.74, 6) is 0.358. The molecule has 2 aliphatic carbocycles. The number of nitrogen functional groups attached to an aromatic ring is 1. The maximum Gasteiger partial charge on any atom is 0.0548 e. The number of allylic oxidation sites excluding steroid dienone is 4. The Labute approximate surface area is 266 Å². The number of nitrogens with two attached hydrogens (primary N) is 1. The molecule has 44 heavy (non-hydrogen) atoms. The lowest BCUT2D eigenvalue weighted by Gasteiger charge is -2.44. The van der Waals surface area contributed by atoms with Crippen LogP contribution in [0.2, 0.25) is 5.02 Å². The third kappa shape index (κ3) is 3.56. The highest BCUT2D eigenvalue weighted by Gasteiger charge is 2.57. The van der Waals surface area contributed by atoms with Gasteiger partial charge in [0, 0.05) is 32.3 Å². The third-order valence-corrected chi connectivity index (χ3v) is 11.3. The van der Waals surface area contributed by atoms with Crippen LogP contribution in [0.5, 0.6) is 0 Å². The van der Waals surface area contributed by atoms with Crippen molar-refractivity contribution in [3.8, 4) is 11.1 Å². The fraction of sp³-hybridized carbons (Fsp3) is 0.0732. The molecule has 2 N–H and O–H groups in total. The van der Waals surface area contributed by atoms with E-state index in [0.29, 0.717) is 0 Å². The van der Waals surface area contributed by atoms with Gasteiger partial charge >= 0.3 is 0 Å². The normalized spacial score (nSPS) is 18.8. The quantitative estimate of drug-likeness (QED) is 0.200. The van der Waals surface area contributed by atoms with Gasteiger partial charge in [-0.3, -0.25) is 0 Å². The summed E-state index contributed by atoms with van der Waals surface area (Å²) >= 11 is 8.73. The second-order valence-electron chi connectivity index (χ2n) is 12.0. The van der Waals surface area contributed by atoms with Gasteiger partial charge in [0.2, 0.25) is 0 Å². The third-order valence-electron chi connectivity index (χ3n) is 9.86. The average Bonchev–Trinajstić information content (AvgIpc) is 3.35. The van der Waals surface area contributed by atoms with Gasteiger partial charge in [0.05, 0.1) is 5.41 Å². The largest absolute Gasteiger partial charge is 0.399 e. The van der Waals surface area contributed by atoms with E-state index in [1.165, 1.54) is 65.1 Å². The van der Waals surface area contributed by atoms with Crippen molar-refractivity contribution in [2.24, 2.45) is 5.92 Å². The first-order valence-corrected chi connectivity index (χ1v) is 16.3. The highest BCUT2D eigenvalue weighted by Crippen LogP contribution is 2.67. The summed E-state index contributed by atoms with van der Waals surface area (Å²) in [5, 5.41) is 3.29. The van der Waals surface area contributed by atoms with Crippen LogP contribution in [0.3, 0.4) is 0 Å². The summed E-state index contributed by atoms with van der Waals surface area (Å²) in [6, 6.07) is 46.2. The predicted molar refractivity (Wildman–Crippen MR) is 185 cm³/mol. The van der Waals surface area contributed by atoms with Crippen LogP contribution >= 0.6 is 23.4 Å². The molecule has 0 aromatic heterocycles. The van der Waals surface area contributed by atoms with E-state index in [1.54, 1.807) is 0 Å². The summed E-state index contributed by atoms with van der Waals surface area (Å²) in [6.07, 6.45) is 7.09. The standard InChI is InChI=1S/C41H28ClNS/c42-26-18-21-33-37(24-26)41(34-11-3-5-14-38(34)44-39-15-6-4-12-35(39)41)36-13-7-10-32(40(33)36)31-23-22-28(25-16-19-27(43)20-17-25)29-8-1-2-9-30(29)31/h1-24,36,40H,43H2. The van der Waals surface area contributed by atoms with Crippen LogP contribution in [0.15, 0.2) is 155 Å². The molecule has 210 valence electrons. The zero-order valence-electron chi connectivity index (χ0n) is 23.9. The molecule has 0 saturated heterocycles. The van der Waals surface area contributed by atoms with Crippen LogP contribution in [-0.4, -0.2) is 0 Å². The molecule has 3 aliphatic rings. The first-order valence-electron chi connectivity index (χ1n) is 15.1. The van der Waals surface area contributed by atoms with Gasteiger partial charge in [-0.25, -0.2) is 0 Å². The van der Waals surface area contributed by atoms with Gasteiger partial charge < -0.3 is 5.73 Å². The summed E-state index contributed by atoms with van der Waals surface area (Å²) in [7, 11) is 0. The number of hydrogen-bond donors (Lipinski definition) is 1. The van der Waals surface area contributed by atoms with E-state index in [9.17, 15) is 0 Å². The topological polar surface area (TPSA) is 26.0 Å². The molecular formula is C41H28ClNS. The van der Waals surface area contributed by atoms with Crippen LogP contribution in [-0.2, 0) is 5.41 Å². The molecule has 0 saturated carbocycles. The minimum absolute atomic E-state index is 0.169. The number of halogens is 1. The molecule has 0 radical (unpaired) electrons. The minimum Gasteiger partial charge on any atom is -0.399 e. The van der Waals surface area contributed by atoms with Crippen molar-refractivity contribution in [2.45, 2.75) is 21.1 Å². The van der Waals surface area contributed by atoms with E-state index in [4.69, 9.17) is 17.3 Å². The fourth-order valence-corrected chi connectivity index (χ4v) is 9.54. The Hall–Kier alpha value is -4.50. The Morgan fingerprint density at radius 1 is 0.636 bits per heavy atom. The molecule has 3 heteroatoms. The SMILES string of the molecule is Nc1ccc(-c2ccc(C3=CC=CC4C3c3ccc(Cl)cc3C43c4ccccc4Sc4ccccc43)c3ccccc23)cc1. The summed E-state index contributed by atoms with van der Waals surface area (Å²) < 4.78 is 0. The van der Waals surface area contributed by atoms with E-state index in [0.717, 1.165) is 10.7 Å². The van der Waals surface area contributed by atoms with Crippen molar-refractivity contribution < 1.29 is 0 Å². The van der Waals surface area contributed by atoms with Gasteiger partial charge in [-0.15, -0.1) is 0 Å². The first-order chi connectivity index (χ1) is 21.6. The second kappa shape index (κ2) is 9.75. The smallest absolute Gasteiger partial charge is 0.0548 e. The Bertz CT molecular complexity index is 2150. The zero-order valence-corrected chi connectivity index (χ0v) is 25.4. The second-order valence-corrected chi connectivity index (χ2v) is 13.5. The zero-order chi connectivity index (χ0) is 29.4. The van der Waals surface area contributed by atoms with Crippen molar-refractivity contribution in [1.82, 2.24) is 0 Å². The van der Waals surface area contributed by atoms with Crippen molar-refractivity contribution in [3.05, 3.63) is 178 Å². The van der Waals surface area contributed by atoms with E-state index >= 15 is 0 Å². The molecule has 1 nitrogen and oxygen atoms in total. The van der Waals surface area contributed by atoms with Crippen LogP contribution in [0.1, 0.15) is 33.7 Å². The van der Waals surface area contributed by atoms with E-state index in [1.807, 2.05) is 23.9 Å². The molecule has 1 aliphatic heterocycles. The lowest BCUT2D eigenvalue weighted by atomic mass is 9.61. The Balaban J connectivity index is 1.30. The first kappa shape index (κ1) is 25.9. The van der Waals surface area contributed by atoms with Gasteiger partial charge in [-0.1, -0.05) is 133 Å². The highest BCUT2D eigenvalue weighted by atomic mass is 35.5. The van der Waals surface area contributed by atoms with Crippen LogP contribution < -0.4 is 5.73 Å². The number of rotatable bonds is 2. The molecule has 0 fully saturated rings. The molecule has 1 heterocycles. The molecule has 6 aromatic rings. The summed E-state index contributed by atoms with van der Waals surface area (Å²) in [4.78, 5) is 2.64. The molecule has 1 spiro atoms. The van der Waals surface area contributed by atoms with E-state index in [-0.39, 0.29) is 17.3 Å². The van der Waals surface area contributed by atoms with E-state index < -0.39 is 0 Å². The number of fused-ring (bicyclic) bond motifs is 10. The molecule has 2 atom stereocenters. The molecule has 0 bridgehead atoms. The molecular weight excluding hydrogens is 574 g/mol. The van der Waals surface area contributed by atoms with Crippen molar-refractivity contribution >= 4 is 45.4 Å². The minimum atomic E-state index is -0.348. The average molecular weight is 602 g/mol. The maximum absolute atomic E-state index is 6.85. The highest BCUT2D eigenvalue weighted by molar-refractivity contribution is 7.99. The summed E-state index contributed by atoms with van der Waals surface area (Å²) in [6.45, 7) is 0. The molecule has 6 aromatic carbocycles. The molecule has 2 unspecified atom stereocenters. The lowest BCUT2D eigenvalue weighted by molar-refractivity contribution is 0.447. The fourth-order valence-electron chi connectivity index (χ4n) is 8.16. The summed E-state index contributed by atoms with van der Waals surface area (Å²) in [5.41, 5.74) is 16.9. The Kier molecular flexibility index (Phi) is 5.75. The molecule has 0 amide bonds. The molecule has 9 rings (SSSR count). The predicted octanol–water partition coefficient (Wildman–Crippen LogP) is 10.9. The van der Waals surface area contributed by atoms with Gasteiger partial charge in [-0.05, 0) is 91.7 Å². The van der Waals surface area contributed by atoms with Crippen LogP contribution in [0.4, 0.5) is 5.69 Å². The van der Waals surface area contributed by atoms with Gasteiger partial charge in [-0.2, -0.15) is 0 Å². The van der Waals surface area contributed by atoms with Crippen molar-refractivity contribution in [3.63, 3.8) is 0 Å². The Morgan fingerprint density at radius 3 is 2.00 bits per heavy atom. The number of hydrogen-bond acceptors (Lipinski definition) is 2. The van der Waals surface area contributed by atoms with Gasteiger partial charge in [0.25, 0.3) is 0 Å².